The molecular formula is C48H52N2+2. The average molecular weight is 657 g/mol. The number of nitrogens with zero attached hydrogens (tertiary/aromatic N) is 2. The summed E-state index contributed by atoms with van der Waals surface area (Å²) in [4.78, 5) is 0. The topological polar surface area (TPSA) is 7.76 Å². The zero-order valence-corrected chi connectivity index (χ0v) is 31.2. The maximum atomic E-state index is 2.69. The Hall–Kier alpha value is -4.56. The Kier molecular flexibility index (Phi) is 8.05. The van der Waals surface area contributed by atoms with Gasteiger partial charge in [0.05, 0.1) is 21.9 Å². The minimum absolute atomic E-state index is 0.133. The lowest BCUT2D eigenvalue weighted by Crippen LogP contribution is -2.56. The van der Waals surface area contributed by atoms with Crippen molar-refractivity contribution in [2.75, 3.05) is 0 Å². The molecule has 50 heavy (non-hydrogen) atoms. The van der Waals surface area contributed by atoms with Crippen LogP contribution in [0.1, 0.15) is 107 Å². The van der Waals surface area contributed by atoms with Gasteiger partial charge in [-0.25, -0.2) is 4.57 Å². The van der Waals surface area contributed by atoms with Gasteiger partial charge in [-0.1, -0.05) is 120 Å². The molecule has 0 spiro atoms. The minimum atomic E-state index is -0.186. The van der Waals surface area contributed by atoms with E-state index in [0.29, 0.717) is 0 Å². The molecule has 1 aliphatic heterocycles. The van der Waals surface area contributed by atoms with E-state index in [9.17, 15) is 0 Å². The number of aromatic nitrogens is 2. The minimum Gasteiger partial charge on any atom is -0.200 e. The van der Waals surface area contributed by atoms with Crippen LogP contribution in [0.15, 0.2) is 103 Å². The third-order valence-corrected chi connectivity index (χ3v) is 12.3. The van der Waals surface area contributed by atoms with Gasteiger partial charge in [0.25, 0.3) is 0 Å². The van der Waals surface area contributed by atoms with Crippen molar-refractivity contribution in [3.05, 3.63) is 137 Å². The Balaban J connectivity index is 1.51. The van der Waals surface area contributed by atoms with Gasteiger partial charge in [-0.3, -0.25) is 0 Å². The summed E-state index contributed by atoms with van der Waals surface area (Å²) < 4.78 is 5.02. The second-order valence-electron chi connectivity index (χ2n) is 15.5. The molecule has 0 fully saturated rings. The molecule has 2 heteroatoms. The van der Waals surface area contributed by atoms with Crippen LogP contribution in [-0.2, 0) is 24.4 Å². The van der Waals surface area contributed by atoms with Crippen molar-refractivity contribution < 1.29 is 9.13 Å². The fourth-order valence-electron chi connectivity index (χ4n) is 9.55. The number of pyridine rings is 2. The molecule has 0 bridgehead atoms. The van der Waals surface area contributed by atoms with Gasteiger partial charge in [0.15, 0.2) is 17.9 Å². The predicted octanol–water partition coefficient (Wildman–Crippen LogP) is 11.5. The molecule has 8 rings (SSSR count). The van der Waals surface area contributed by atoms with E-state index in [1.807, 2.05) is 0 Å². The standard InChI is InChI=1S/C48H52N2/c1-8-11-12-13-18-35-23-25-38-40(37-24-22-32(4)30-39(37)45-36-20-15-14-17-33(36)26-28-49(45)7)31-48(9-2,10-3)50-29-27-34-19-16-21-41-42(34)46(50)43(38)44(35)47(41,5)6/h14-17,19-31H,8-13,18H2,1-7H3/q+2. The first-order chi connectivity index (χ1) is 24.2. The molecule has 0 atom stereocenters. The van der Waals surface area contributed by atoms with Crippen molar-refractivity contribution in [1.82, 2.24) is 0 Å². The first-order valence-corrected chi connectivity index (χ1v) is 19.1. The number of aryl methyl sites for hydroxylation is 3. The highest BCUT2D eigenvalue weighted by Crippen LogP contribution is 2.54. The van der Waals surface area contributed by atoms with E-state index in [-0.39, 0.29) is 11.0 Å². The van der Waals surface area contributed by atoms with Gasteiger partial charge in [0.1, 0.15) is 7.05 Å². The summed E-state index contributed by atoms with van der Waals surface area (Å²) >= 11 is 0. The second-order valence-corrected chi connectivity index (χ2v) is 15.5. The molecule has 0 radical (unpaired) electrons. The van der Waals surface area contributed by atoms with E-state index < -0.39 is 0 Å². The van der Waals surface area contributed by atoms with Crippen LogP contribution in [0.4, 0.5) is 0 Å². The van der Waals surface area contributed by atoms with E-state index in [1.165, 1.54) is 109 Å². The Bertz CT molecular complexity index is 2330. The molecule has 0 amide bonds. The number of hydrogen-bond donors (Lipinski definition) is 0. The van der Waals surface area contributed by atoms with Gasteiger partial charge in [-0.15, -0.1) is 0 Å². The van der Waals surface area contributed by atoms with Crippen molar-refractivity contribution in [3.63, 3.8) is 0 Å². The summed E-state index contributed by atoms with van der Waals surface area (Å²) in [6.45, 7) is 14.3. The fourth-order valence-corrected chi connectivity index (χ4v) is 9.55. The summed E-state index contributed by atoms with van der Waals surface area (Å²) in [7, 11) is 2.20. The first-order valence-electron chi connectivity index (χ1n) is 19.1. The van der Waals surface area contributed by atoms with Crippen LogP contribution in [-0.4, -0.2) is 0 Å². The molecule has 1 aliphatic carbocycles. The van der Waals surface area contributed by atoms with Crippen LogP contribution in [0, 0.1) is 6.92 Å². The Morgan fingerprint density at radius 2 is 1.44 bits per heavy atom. The summed E-state index contributed by atoms with van der Waals surface area (Å²) in [5, 5.41) is 5.33. The van der Waals surface area contributed by atoms with Crippen LogP contribution in [0.2, 0.25) is 0 Å². The molecule has 2 nitrogen and oxygen atoms in total. The lowest BCUT2D eigenvalue weighted by Gasteiger charge is -2.37. The molecule has 0 unspecified atom stereocenters. The van der Waals surface area contributed by atoms with E-state index in [0.717, 1.165) is 19.3 Å². The smallest absolute Gasteiger partial charge is 0.200 e. The Morgan fingerprint density at radius 3 is 2.24 bits per heavy atom. The highest BCUT2D eigenvalue weighted by molar-refractivity contribution is 6.06. The summed E-state index contributed by atoms with van der Waals surface area (Å²) in [6.07, 6.45) is 15.5. The number of hydrogen-bond acceptors (Lipinski definition) is 0. The number of benzene rings is 4. The van der Waals surface area contributed by atoms with Crippen LogP contribution >= 0.6 is 0 Å². The number of allylic oxidation sites excluding steroid dienone is 1. The fraction of sp³-hybridized carbons (Fsp3) is 0.333. The normalized spacial score (nSPS) is 15.3. The van der Waals surface area contributed by atoms with Crippen molar-refractivity contribution in [3.8, 4) is 22.5 Å². The van der Waals surface area contributed by atoms with Crippen LogP contribution in [0.3, 0.4) is 0 Å². The van der Waals surface area contributed by atoms with E-state index in [1.54, 1.807) is 0 Å². The summed E-state index contributed by atoms with van der Waals surface area (Å²) in [5.41, 5.74) is 15.0. The molecule has 6 aromatic rings. The highest BCUT2D eigenvalue weighted by atomic mass is 15.1. The average Bonchev–Trinajstić information content (AvgIpc) is 3.25. The van der Waals surface area contributed by atoms with Crippen LogP contribution < -0.4 is 9.13 Å². The van der Waals surface area contributed by atoms with Crippen LogP contribution in [0.5, 0.6) is 0 Å². The SMILES string of the molecule is CCCCCCc1ccc2c3c1C(C)(C)c1cccc4cc[n+](c-3c14)C(CC)(CC)C=C2c1ccc(C)cc1-c1c2ccccc2cc[n+]1C. The summed E-state index contributed by atoms with van der Waals surface area (Å²) in [6, 6.07) is 32.7. The van der Waals surface area contributed by atoms with E-state index >= 15 is 0 Å². The van der Waals surface area contributed by atoms with Gasteiger partial charge < -0.3 is 0 Å². The lowest BCUT2D eigenvalue weighted by atomic mass is 9.66. The van der Waals surface area contributed by atoms with Crippen molar-refractivity contribution in [2.45, 2.75) is 97.4 Å². The molecule has 4 aromatic carbocycles. The third kappa shape index (κ3) is 4.82. The molecule has 2 aromatic heterocycles. The van der Waals surface area contributed by atoms with Gasteiger partial charge in [0, 0.05) is 30.4 Å². The van der Waals surface area contributed by atoms with Crippen molar-refractivity contribution in [2.24, 2.45) is 7.05 Å². The molecular weight excluding hydrogens is 605 g/mol. The highest BCUT2D eigenvalue weighted by Gasteiger charge is 2.48. The largest absolute Gasteiger partial charge is 0.222 e. The van der Waals surface area contributed by atoms with Gasteiger partial charge in [0.2, 0.25) is 11.4 Å². The number of fused-ring (bicyclic) bond motifs is 1. The van der Waals surface area contributed by atoms with Gasteiger partial charge in [-0.05, 0) is 82.1 Å². The van der Waals surface area contributed by atoms with E-state index in [4.69, 9.17) is 0 Å². The third-order valence-electron chi connectivity index (χ3n) is 12.3. The van der Waals surface area contributed by atoms with Gasteiger partial charge in [-0.2, -0.15) is 4.57 Å². The second kappa shape index (κ2) is 12.3. The molecule has 252 valence electrons. The Morgan fingerprint density at radius 1 is 0.680 bits per heavy atom. The molecule has 0 saturated heterocycles. The zero-order chi connectivity index (χ0) is 34.8. The number of rotatable bonds is 9. The molecule has 3 heterocycles. The zero-order valence-electron chi connectivity index (χ0n) is 31.2. The Labute approximate surface area is 299 Å². The van der Waals surface area contributed by atoms with Gasteiger partial charge >= 0.3 is 0 Å². The maximum absolute atomic E-state index is 2.69. The molecule has 2 aliphatic rings. The number of unbranched alkanes of at least 4 members (excludes halogenated alkanes) is 3. The van der Waals surface area contributed by atoms with Crippen molar-refractivity contribution in [1.29, 1.82) is 0 Å². The monoisotopic (exact) mass is 656 g/mol. The first kappa shape index (κ1) is 32.6. The molecule has 0 saturated carbocycles. The lowest BCUT2D eigenvalue weighted by molar-refractivity contribution is -0.742. The van der Waals surface area contributed by atoms with Crippen molar-refractivity contribution >= 4 is 27.1 Å². The molecule has 0 N–H and O–H groups in total. The van der Waals surface area contributed by atoms with E-state index in [2.05, 4.69) is 161 Å². The van der Waals surface area contributed by atoms with Crippen LogP contribution in [0.25, 0.3) is 49.6 Å². The quantitative estimate of drug-likeness (QED) is 0.108. The maximum Gasteiger partial charge on any atom is 0.222 e. The predicted molar refractivity (Wildman–Crippen MR) is 210 cm³/mol. The summed E-state index contributed by atoms with van der Waals surface area (Å²) in [5.74, 6) is 0.